The molecule has 18 heavy (non-hydrogen) atoms. The minimum Gasteiger partial charge on any atom is -0.317 e. The Morgan fingerprint density at radius 3 is 2.78 bits per heavy atom. The standard InChI is InChI=1S/C14H20N2O2/c1-15-13-8-4-2-6-11(13)10-12-7-3-5-9-14(12)16(17)18/h3,5,7,9,11,13,15H,2,4,6,8,10H2,1H3. The van der Waals surface area contributed by atoms with Crippen LogP contribution >= 0.6 is 0 Å². The van der Waals surface area contributed by atoms with E-state index in [9.17, 15) is 10.1 Å². The third kappa shape index (κ3) is 2.88. The van der Waals surface area contributed by atoms with Crippen molar-refractivity contribution in [2.75, 3.05) is 7.05 Å². The molecule has 0 radical (unpaired) electrons. The summed E-state index contributed by atoms with van der Waals surface area (Å²) in [7, 11) is 1.99. The van der Waals surface area contributed by atoms with E-state index in [4.69, 9.17) is 0 Å². The number of hydrogen-bond acceptors (Lipinski definition) is 3. The van der Waals surface area contributed by atoms with Gasteiger partial charge < -0.3 is 5.32 Å². The third-order valence-electron chi connectivity index (χ3n) is 3.95. The van der Waals surface area contributed by atoms with Crippen LogP contribution < -0.4 is 5.32 Å². The van der Waals surface area contributed by atoms with Gasteiger partial charge in [-0.3, -0.25) is 10.1 Å². The molecule has 1 N–H and O–H groups in total. The van der Waals surface area contributed by atoms with Gasteiger partial charge in [0.15, 0.2) is 0 Å². The van der Waals surface area contributed by atoms with E-state index in [1.165, 1.54) is 19.3 Å². The summed E-state index contributed by atoms with van der Waals surface area (Å²) in [5, 5.41) is 14.4. The van der Waals surface area contributed by atoms with Crippen LogP contribution in [0.5, 0.6) is 0 Å². The van der Waals surface area contributed by atoms with E-state index < -0.39 is 0 Å². The molecule has 1 aliphatic carbocycles. The van der Waals surface area contributed by atoms with Gasteiger partial charge in [0.2, 0.25) is 0 Å². The van der Waals surface area contributed by atoms with Crippen LogP contribution in [0.4, 0.5) is 5.69 Å². The Morgan fingerprint density at radius 1 is 1.33 bits per heavy atom. The lowest BCUT2D eigenvalue weighted by Gasteiger charge is -2.31. The van der Waals surface area contributed by atoms with Gasteiger partial charge in [0.25, 0.3) is 5.69 Å². The second-order valence-electron chi connectivity index (χ2n) is 5.03. The fraction of sp³-hybridized carbons (Fsp3) is 0.571. The molecular formula is C14H20N2O2. The van der Waals surface area contributed by atoms with E-state index in [1.807, 2.05) is 19.2 Å². The largest absolute Gasteiger partial charge is 0.317 e. The molecule has 98 valence electrons. The van der Waals surface area contributed by atoms with Crippen LogP contribution in [-0.4, -0.2) is 18.0 Å². The number of rotatable bonds is 4. The predicted octanol–water partition coefficient (Wildman–Crippen LogP) is 2.92. The summed E-state index contributed by atoms with van der Waals surface area (Å²) in [6, 6.07) is 7.61. The highest BCUT2D eigenvalue weighted by molar-refractivity contribution is 5.40. The maximum Gasteiger partial charge on any atom is 0.272 e. The Labute approximate surface area is 108 Å². The molecule has 0 bridgehead atoms. The molecule has 4 heteroatoms. The maximum absolute atomic E-state index is 11.0. The molecule has 2 atom stereocenters. The lowest BCUT2D eigenvalue weighted by Crippen LogP contribution is -2.37. The molecule has 4 nitrogen and oxygen atoms in total. The first-order chi connectivity index (χ1) is 8.72. The summed E-state index contributed by atoms with van der Waals surface area (Å²) in [6.45, 7) is 0. The summed E-state index contributed by atoms with van der Waals surface area (Å²) in [4.78, 5) is 10.7. The van der Waals surface area contributed by atoms with Gasteiger partial charge in [-0.25, -0.2) is 0 Å². The maximum atomic E-state index is 11.0. The highest BCUT2D eigenvalue weighted by Gasteiger charge is 2.26. The van der Waals surface area contributed by atoms with Crippen LogP contribution in [0, 0.1) is 16.0 Å². The lowest BCUT2D eigenvalue weighted by molar-refractivity contribution is -0.385. The van der Waals surface area contributed by atoms with Crippen molar-refractivity contribution in [1.82, 2.24) is 5.32 Å². The van der Waals surface area contributed by atoms with Crippen molar-refractivity contribution in [2.45, 2.75) is 38.1 Å². The molecular weight excluding hydrogens is 228 g/mol. The molecule has 1 saturated carbocycles. The van der Waals surface area contributed by atoms with Gasteiger partial charge in [-0.1, -0.05) is 31.0 Å². The second-order valence-corrected chi connectivity index (χ2v) is 5.03. The first-order valence-electron chi connectivity index (χ1n) is 6.62. The molecule has 0 aromatic heterocycles. The van der Waals surface area contributed by atoms with Crippen molar-refractivity contribution in [1.29, 1.82) is 0 Å². The quantitative estimate of drug-likeness (QED) is 0.658. The molecule has 0 heterocycles. The number of nitro groups is 1. The number of nitro benzene ring substituents is 1. The van der Waals surface area contributed by atoms with Crippen LogP contribution in [0.1, 0.15) is 31.2 Å². The van der Waals surface area contributed by atoms with Crippen molar-refractivity contribution in [3.63, 3.8) is 0 Å². The molecule has 0 amide bonds. The van der Waals surface area contributed by atoms with Crippen molar-refractivity contribution in [3.05, 3.63) is 39.9 Å². The molecule has 0 saturated heterocycles. The summed E-state index contributed by atoms with van der Waals surface area (Å²) in [6.07, 6.45) is 5.66. The summed E-state index contributed by atoms with van der Waals surface area (Å²) >= 11 is 0. The fourth-order valence-electron chi connectivity index (χ4n) is 2.98. The van der Waals surface area contributed by atoms with Crippen molar-refractivity contribution >= 4 is 5.69 Å². The normalized spacial score (nSPS) is 23.8. The van der Waals surface area contributed by atoms with Crippen LogP contribution in [0.15, 0.2) is 24.3 Å². The monoisotopic (exact) mass is 248 g/mol. The van der Waals surface area contributed by atoms with Crippen LogP contribution in [0.2, 0.25) is 0 Å². The zero-order valence-electron chi connectivity index (χ0n) is 10.8. The van der Waals surface area contributed by atoms with Crippen LogP contribution in [0.3, 0.4) is 0 Å². The van der Waals surface area contributed by atoms with E-state index >= 15 is 0 Å². The van der Waals surface area contributed by atoms with E-state index in [0.29, 0.717) is 12.0 Å². The first-order valence-corrected chi connectivity index (χ1v) is 6.62. The van der Waals surface area contributed by atoms with Gasteiger partial charge in [0, 0.05) is 17.7 Å². The second kappa shape index (κ2) is 5.96. The van der Waals surface area contributed by atoms with Gasteiger partial charge in [-0.05, 0) is 32.2 Å². The van der Waals surface area contributed by atoms with Crippen molar-refractivity contribution < 1.29 is 4.92 Å². The highest BCUT2D eigenvalue weighted by atomic mass is 16.6. The van der Waals surface area contributed by atoms with Gasteiger partial charge in [0.1, 0.15) is 0 Å². The summed E-state index contributed by atoms with van der Waals surface area (Å²) < 4.78 is 0. The predicted molar refractivity (Wildman–Crippen MR) is 71.6 cm³/mol. The molecule has 1 aromatic rings. The summed E-state index contributed by atoms with van der Waals surface area (Å²) in [5.74, 6) is 0.518. The Kier molecular flexibility index (Phi) is 4.31. The average molecular weight is 248 g/mol. The van der Waals surface area contributed by atoms with Gasteiger partial charge >= 0.3 is 0 Å². The Morgan fingerprint density at radius 2 is 2.06 bits per heavy atom. The lowest BCUT2D eigenvalue weighted by atomic mass is 9.80. The Hall–Kier alpha value is -1.42. The van der Waals surface area contributed by atoms with E-state index in [1.54, 1.807) is 12.1 Å². The topological polar surface area (TPSA) is 55.2 Å². The van der Waals surface area contributed by atoms with Gasteiger partial charge in [0.05, 0.1) is 4.92 Å². The van der Waals surface area contributed by atoms with E-state index in [0.717, 1.165) is 18.4 Å². The molecule has 0 aliphatic heterocycles. The van der Waals surface area contributed by atoms with Gasteiger partial charge in [-0.15, -0.1) is 0 Å². The zero-order chi connectivity index (χ0) is 13.0. The minimum absolute atomic E-state index is 0.262. The highest BCUT2D eigenvalue weighted by Crippen LogP contribution is 2.30. The number of para-hydroxylation sites is 1. The SMILES string of the molecule is CNC1CCCCC1Cc1ccccc1[N+](=O)[O-]. The first kappa shape index (κ1) is 13.0. The van der Waals surface area contributed by atoms with Crippen molar-refractivity contribution in [3.8, 4) is 0 Å². The molecule has 2 rings (SSSR count). The molecule has 1 fully saturated rings. The van der Waals surface area contributed by atoms with E-state index in [2.05, 4.69) is 5.32 Å². The third-order valence-corrected chi connectivity index (χ3v) is 3.95. The number of nitrogens with one attached hydrogen (secondary N) is 1. The fourth-order valence-corrected chi connectivity index (χ4v) is 2.98. The molecule has 1 aliphatic rings. The average Bonchev–Trinajstić information content (AvgIpc) is 2.40. The summed E-state index contributed by atoms with van der Waals surface area (Å²) in [5.41, 5.74) is 1.13. The minimum atomic E-state index is -0.271. The number of benzene rings is 1. The van der Waals surface area contributed by atoms with Crippen molar-refractivity contribution in [2.24, 2.45) is 5.92 Å². The van der Waals surface area contributed by atoms with Crippen LogP contribution in [-0.2, 0) is 6.42 Å². The Balaban J connectivity index is 2.15. The smallest absolute Gasteiger partial charge is 0.272 e. The molecule has 1 aromatic carbocycles. The Bertz CT molecular complexity index is 420. The zero-order valence-corrected chi connectivity index (χ0v) is 10.8. The van der Waals surface area contributed by atoms with Gasteiger partial charge in [-0.2, -0.15) is 0 Å². The molecule has 0 spiro atoms. The van der Waals surface area contributed by atoms with Crippen LogP contribution in [0.25, 0.3) is 0 Å². The molecule has 2 unspecified atom stereocenters. The van der Waals surface area contributed by atoms with E-state index in [-0.39, 0.29) is 10.6 Å². The number of nitrogens with zero attached hydrogens (tertiary/aromatic N) is 1. The number of hydrogen-bond donors (Lipinski definition) is 1.